The molecule has 2 aromatic rings. The van der Waals surface area contributed by atoms with Crippen molar-refractivity contribution >= 4 is 17.2 Å². The predicted molar refractivity (Wildman–Crippen MR) is 77.9 cm³/mol. The monoisotopic (exact) mass is 293 g/mol. The van der Waals surface area contributed by atoms with E-state index in [0.717, 1.165) is 16.5 Å². The van der Waals surface area contributed by atoms with Crippen molar-refractivity contribution in [1.29, 1.82) is 0 Å². The number of aromatic nitrogens is 2. The van der Waals surface area contributed by atoms with Crippen LogP contribution in [0.25, 0.3) is 0 Å². The first-order valence-electron chi connectivity index (χ1n) is 6.41. The first-order chi connectivity index (χ1) is 9.27. The van der Waals surface area contributed by atoms with Crippen LogP contribution in [-0.2, 0) is 12.0 Å². The second-order valence-corrected chi connectivity index (χ2v) is 6.74. The molecule has 2 heterocycles. The van der Waals surface area contributed by atoms with Crippen LogP contribution in [-0.4, -0.2) is 28.0 Å². The van der Waals surface area contributed by atoms with Crippen LogP contribution in [0.1, 0.15) is 47.7 Å². The van der Waals surface area contributed by atoms with Gasteiger partial charge in [-0.3, -0.25) is 4.79 Å². The Morgan fingerprint density at radius 1 is 1.45 bits per heavy atom. The summed E-state index contributed by atoms with van der Waals surface area (Å²) in [6, 6.07) is 1.82. The van der Waals surface area contributed by atoms with Crippen LogP contribution in [0.2, 0.25) is 0 Å². The minimum Gasteiger partial charge on any atom is -0.361 e. The van der Waals surface area contributed by atoms with Gasteiger partial charge in [0, 0.05) is 23.9 Å². The standard InChI is InChI=1S/C14H19N3O2S/c1-9-6-10(16-19-9)7-17(5)12(18)11-8-20-13(15-11)14(2,3)4/h6,8H,7H2,1-5H3. The van der Waals surface area contributed by atoms with Gasteiger partial charge < -0.3 is 9.42 Å². The van der Waals surface area contributed by atoms with E-state index in [4.69, 9.17) is 4.52 Å². The van der Waals surface area contributed by atoms with Gasteiger partial charge in [-0.15, -0.1) is 11.3 Å². The van der Waals surface area contributed by atoms with Gasteiger partial charge in [0.15, 0.2) is 0 Å². The van der Waals surface area contributed by atoms with Crippen molar-refractivity contribution in [1.82, 2.24) is 15.0 Å². The molecule has 0 aromatic carbocycles. The summed E-state index contributed by atoms with van der Waals surface area (Å²) in [5.74, 6) is 0.641. The summed E-state index contributed by atoms with van der Waals surface area (Å²) in [4.78, 5) is 18.3. The zero-order valence-corrected chi connectivity index (χ0v) is 13.2. The second-order valence-electron chi connectivity index (χ2n) is 5.88. The normalized spacial score (nSPS) is 11.7. The van der Waals surface area contributed by atoms with Gasteiger partial charge in [0.25, 0.3) is 5.91 Å². The van der Waals surface area contributed by atoms with Gasteiger partial charge >= 0.3 is 0 Å². The summed E-state index contributed by atoms with van der Waals surface area (Å²) < 4.78 is 5.00. The van der Waals surface area contributed by atoms with Gasteiger partial charge in [-0.05, 0) is 6.92 Å². The SMILES string of the molecule is Cc1cc(CN(C)C(=O)c2csc(C(C)(C)C)n2)no1. The van der Waals surface area contributed by atoms with Gasteiger partial charge in [0.05, 0.1) is 11.6 Å². The van der Waals surface area contributed by atoms with Crippen LogP contribution < -0.4 is 0 Å². The average molecular weight is 293 g/mol. The Morgan fingerprint density at radius 2 is 2.15 bits per heavy atom. The molecule has 0 fully saturated rings. The molecule has 2 rings (SSSR count). The van der Waals surface area contributed by atoms with Crippen molar-refractivity contribution < 1.29 is 9.32 Å². The lowest BCUT2D eigenvalue weighted by atomic mass is 9.98. The van der Waals surface area contributed by atoms with Crippen LogP contribution >= 0.6 is 11.3 Å². The van der Waals surface area contributed by atoms with Crippen molar-refractivity contribution in [2.24, 2.45) is 0 Å². The zero-order valence-electron chi connectivity index (χ0n) is 12.4. The van der Waals surface area contributed by atoms with E-state index in [9.17, 15) is 4.79 Å². The molecule has 0 aliphatic carbocycles. The van der Waals surface area contributed by atoms with Crippen molar-refractivity contribution in [3.63, 3.8) is 0 Å². The molecule has 0 N–H and O–H groups in total. The molecule has 0 spiro atoms. The number of hydrogen-bond acceptors (Lipinski definition) is 5. The Kier molecular flexibility index (Phi) is 3.94. The van der Waals surface area contributed by atoms with E-state index >= 15 is 0 Å². The Labute approximate surface area is 122 Å². The van der Waals surface area contributed by atoms with Crippen LogP contribution in [0.15, 0.2) is 16.0 Å². The molecule has 108 valence electrons. The molecule has 5 nitrogen and oxygen atoms in total. The zero-order chi connectivity index (χ0) is 14.9. The van der Waals surface area contributed by atoms with Crippen molar-refractivity contribution in [2.75, 3.05) is 7.05 Å². The summed E-state index contributed by atoms with van der Waals surface area (Å²) in [6.07, 6.45) is 0. The average Bonchev–Trinajstić information content (AvgIpc) is 2.96. The maximum absolute atomic E-state index is 12.3. The van der Waals surface area contributed by atoms with Gasteiger partial charge in [-0.25, -0.2) is 4.98 Å². The van der Waals surface area contributed by atoms with Crippen molar-refractivity contribution in [2.45, 2.75) is 39.7 Å². The lowest BCUT2D eigenvalue weighted by Crippen LogP contribution is -2.27. The van der Waals surface area contributed by atoms with Crippen molar-refractivity contribution in [3.8, 4) is 0 Å². The number of aryl methyl sites for hydroxylation is 1. The van der Waals surface area contributed by atoms with E-state index in [1.54, 1.807) is 11.9 Å². The quantitative estimate of drug-likeness (QED) is 0.873. The van der Waals surface area contributed by atoms with Gasteiger partial charge in [0.2, 0.25) is 0 Å². The summed E-state index contributed by atoms with van der Waals surface area (Å²) in [5.41, 5.74) is 1.19. The maximum Gasteiger partial charge on any atom is 0.273 e. The highest BCUT2D eigenvalue weighted by molar-refractivity contribution is 7.10. The first kappa shape index (κ1) is 14.7. The molecule has 0 atom stereocenters. The van der Waals surface area contributed by atoms with Crippen LogP contribution in [0.4, 0.5) is 0 Å². The summed E-state index contributed by atoms with van der Waals surface area (Å²) in [7, 11) is 1.74. The summed E-state index contributed by atoms with van der Waals surface area (Å²) >= 11 is 1.52. The van der Waals surface area contributed by atoms with Gasteiger partial charge in [-0.1, -0.05) is 25.9 Å². The Balaban J connectivity index is 2.09. The number of rotatable bonds is 3. The van der Waals surface area contributed by atoms with Crippen molar-refractivity contribution in [3.05, 3.63) is 33.6 Å². The van der Waals surface area contributed by atoms with E-state index in [0.29, 0.717) is 12.2 Å². The molecule has 0 saturated carbocycles. The molecule has 0 aliphatic heterocycles. The highest BCUT2D eigenvalue weighted by Crippen LogP contribution is 2.26. The lowest BCUT2D eigenvalue weighted by Gasteiger charge is -2.15. The second kappa shape index (κ2) is 5.36. The third kappa shape index (κ3) is 3.25. The number of hydrogen-bond donors (Lipinski definition) is 0. The third-order valence-electron chi connectivity index (χ3n) is 2.79. The van der Waals surface area contributed by atoms with E-state index in [-0.39, 0.29) is 11.3 Å². The molecule has 0 radical (unpaired) electrons. The molecule has 6 heteroatoms. The largest absolute Gasteiger partial charge is 0.361 e. The molecule has 2 aromatic heterocycles. The maximum atomic E-state index is 12.3. The number of carbonyl (C=O) groups excluding carboxylic acids is 1. The molecule has 0 bridgehead atoms. The Morgan fingerprint density at radius 3 is 2.65 bits per heavy atom. The molecule has 0 aliphatic rings. The smallest absolute Gasteiger partial charge is 0.273 e. The number of amides is 1. The number of thiazole rings is 1. The first-order valence-corrected chi connectivity index (χ1v) is 7.29. The van der Waals surface area contributed by atoms with E-state index in [1.165, 1.54) is 11.3 Å². The van der Waals surface area contributed by atoms with E-state index in [2.05, 4.69) is 30.9 Å². The van der Waals surface area contributed by atoms with Crippen LogP contribution in [0.3, 0.4) is 0 Å². The predicted octanol–water partition coefficient (Wildman–Crippen LogP) is 3.01. The minimum atomic E-state index is -0.0996. The fraction of sp³-hybridized carbons (Fsp3) is 0.500. The molecule has 20 heavy (non-hydrogen) atoms. The summed E-state index contributed by atoms with van der Waals surface area (Å²) in [6.45, 7) is 8.50. The van der Waals surface area contributed by atoms with Gasteiger partial charge in [-0.2, -0.15) is 0 Å². The fourth-order valence-electron chi connectivity index (χ4n) is 1.72. The Hall–Kier alpha value is -1.69. The van der Waals surface area contributed by atoms with Gasteiger partial charge in [0.1, 0.15) is 17.1 Å². The highest BCUT2D eigenvalue weighted by atomic mass is 32.1. The molecule has 0 saturated heterocycles. The summed E-state index contributed by atoms with van der Waals surface area (Å²) in [5, 5.41) is 6.67. The molecular formula is C14H19N3O2S. The molecular weight excluding hydrogens is 274 g/mol. The number of carbonyl (C=O) groups is 1. The lowest BCUT2D eigenvalue weighted by molar-refractivity contribution is 0.0777. The topological polar surface area (TPSA) is 59.2 Å². The van der Waals surface area contributed by atoms with Crippen LogP contribution in [0, 0.1) is 6.92 Å². The minimum absolute atomic E-state index is 0.0367. The third-order valence-corrected chi connectivity index (χ3v) is 4.06. The van der Waals surface area contributed by atoms with E-state index < -0.39 is 0 Å². The highest BCUT2D eigenvalue weighted by Gasteiger charge is 2.22. The number of nitrogens with zero attached hydrogens (tertiary/aromatic N) is 3. The Bertz CT molecular complexity index is 610. The van der Waals surface area contributed by atoms with E-state index in [1.807, 2.05) is 18.4 Å². The molecule has 0 unspecified atom stereocenters. The van der Waals surface area contributed by atoms with Crippen LogP contribution in [0.5, 0.6) is 0 Å². The fourth-order valence-corrected chi connectivity index (χ4v) is 2.60. The molecule has 1 amide bonds.